The number of carbonyl (C=O) groups is 1. The summed E-state index contributed by atoms with van der Waals surface area (Å²) in [5, 5.41) is 112. The molecule has 0 bridgehead atoms. The van der Waals surface area contributed by atoms with E-state index in [0.29, 0.717) is 32.1 Å². The molecule has 9 aliphatic rings. The molecule has 81 heavy (non-hydrogen) atoms. The van der Waals surface area contributed by atoms with Crippen LogP contribution in [-0.4, -0.2) is 231 Å². The number of aliphatic hydroxyl groups is 10. The molecule has 4 aliphatic carbocycles. The molecule has 28 atom stereocenters. The summed E-state index contributed by atoms with van der Waals surface area (Å²) in [7, 11) is -4.24. The molecule has 5 heterocycles. The molecule has 458 valence electrons. The zero-order valence-corrected chi connectivity index (χ0v) is 50.6. The van der Waals surface area contributed by atoms with Gasteiger partial charge in [0.15, 0.2) is 25.2 Å². The number of rotatable bonds is 16. The molecule has 0 aromatic rings. The summed E-state index contributed by atoms with van der Waals surface area (Å²) < 4.78 is 99.9. The SMILES string of the molecule is COC1C(O)C(CO)OC(OC2C(O)C(CO)OC(OC3C(C)OC(OC4C(OC5CCC6(C)C7CC(O)C89C(=O)OC(C)(CCC=C(C)C)C8CCC9(C)C7=CCC6C5(C)C)OCC(OS(=O)(=O)[O-])C4O)C(O)C3O)C2O)C1O.[Na+]. The molecule has 1 spiro atoms. The van der Waals surface area contributed by atoms with Gasteiger partial charge in [-0.1, -0.05) is 51.0 Å². The maximum absolute atomic E-state index is 14.4. The van der Waals surface area contributed by atoms with E-state index in [1.54, 1.807) is 0 Å². The van der Waals surface area contributed by atoms with Gasteiger partial charge in [0.2, 0.25) is 10.4 Å². The van der Waals surface area contributed by atoms with Gasteiger partial charge in [-0.3, -0.25) is 8.98 Å². The van der Waals surface area contributed by atoms with Crippen molar-refractivity contribution in [2.75, 3.05) is 26.9 Å². The molecule has 10 N–H and O–H groups in total. The molecule has 8 fully saturated rings. The predicted octanol–water partition coefficient (Wildman–Crippen LogP) is -3.93. The third-order valence-electron chi connectivity index (χ3n) is 20.3. The quantitative estimate of drug-likeness (QED) is 0.0232. The van der Waals surface area contributed by atoms with E-state index in [0.717, 1.165) is 19.3 Å². The Bertz CT molecular complexity index is 2400. The van der Waals surface area contributed by atoms with E-state index in [2.05, 4.69) is 44.0 Å². The molecule has 27 heteroatoms. The third kappa shape index (κ3) is 11.4. The number of aliphatic hydroxyl groups excluding tert-OH is 10. The first-order valence-corrected chi connectivity index (χ1v) is 29.4. The largest absolute Gasteiger partial charge is 1.00 e. The first-order chi connectivity index (χ1) is 37.4. The Morgan fingerprint density at radius 3 is 1.94 bits per heavy atom. The van der Waals surface area contributed by atoms with Crippen molar-refractivity contribution in [1.82, 2.24) is 0 Å². The Morgan fingerprint density at radius 1 is 0.741 bits per heavy atom. The molecule has 0 amide bonds. The number of methoxy groups -OCH3 is 1. The fraction of sp³-hybridized carbons (Fsp3) is 0.907. The zero-order valence-electron chi connectivity index (χ0n) is 47.8. The van der Waals surface area contributed by atoms with Crippen LogP contribution in [0.25, 0.3) is 0 Å². The maximum Gasteiger partial charge on any atom is 1.00 e. The van der Waals surface area contributed by atoms with E-state index >= 15 is 0 Å². The van der Waals surface area contributed by atoms with Crippen molar-refractivity contribution in [2.24, 2.45) is 39.4 Å². The van der Waals surface area contributed by atoms with E-state index in [-0.39, 0.29) is 58.7 Å². The first-order valence-electron chi connectivity index (χ1n) is 28.0. The number of hydrogen-bond acceptors (Lipinski definition) is 25. The minimum absolute atomic E-state index is 0. The topological polar surface area (TPSA) is 378 Å². The molecule has 28 unspecified atom stereocenters. The summed E-state index contributed by atoms with van der Waals surface area (Å²) in [5.41, 5.74) is -1.14. The van der Waals surface area contributed by atoms with Crippen molar-refractivity contribution >= 4 is 16.4 Å². The summed E-state index contributed by atoms with van der Waals surface area (Å²) in [6, 6.07) is 0. The summed E-state index contributed by atoms with van der Waals surface area (Å²) in [6.45, 7) is 13.8. The second-order valence-electron chi connectivity index (χ2n) is 25.4. The number of cyclic esters (lactones) is 1. The third-order valence-corrected chi connectivity index (χ3v) is 20.8. The van der Waals surface area contributed by atoms with Gasteiger partial charge >= 0.3 is 35.5 Å². The monoisotopic (exact) mass is 1190 g/mol. The summed E-state index contributed by atoms with van der Waals surface area (Å²) >= 11 is 0. The number of carbonyl (C=O) groups excluding carboxylic acids is 1. The van der Waals surface area contributed by atoms with E-state index in [9.17, 15) is 68.8 Å². The Balaban J connectivity index is 0.00000860. The van der Waals surface area contributed by atoms with Gasteiger partial charge in [-0.15, -0.1) is 0 Å². The minimum Gasteiger partial charge on any atom is -0.726 e. The van der Waals surface area contributed by atoms with E-state index < -0.39 is 181 Å². The molecule has 0 aromatic carbocycles. The van der Waals surface area contributed by atoms with Gasteiger partial charge in [0.05, 0.1) is 38.1 Å². The average Bonchev–Trinajstić information content (AvgIpc) is 3.94. The normalized spacial score (nSPS) is 50.4. The number of ether oxygens (including phenoxy) is 10. The van der Waals surface area contributed by atoms with Gasteiger partial charge in [-0.05, 0) is 102 Å². The van der Waals surface area contributed by atoms with Crippen LogP contribution in [0, 0.1) is 39.4 Å². The number of allylic oxidation sites excluding steroid dienone is 4. The van der Waals surface area contributed by atoms with Crippen molar-refractivity contribution in [1.29, 1.82) is 0 Å². The molecular weight excluding hydrogens is 1100 g/mol. The van der Waals surface area contributed by atoms with E-state index in [1.165, 1.54) is 25.2 Å². The van der Waals surface area contributed by atoms with Crippen molar-refractivity contribution in [3.05, 3.63) is 23.3 Å². The Labute approximate surface area is 494 Å². The van der Waals surface area contributed by atoms with Crippen LogP contribution in [0.5, 0.6) is 0 Å². The number of esters is 1. The number of hydrogen-bond donors (Lipinski definition) is 10. The van der Waals surface area contributed by atoms with Crippen LogP contribution in [-0.2, 0) is 66.7 Å². The minimum atomic E-state index is -5.42. The molecule has 25 nitrogen and oxygen atoms in total. The van der Waals surface area contributed by atoms with Crippen molar-refractivity contribution < 1.29 is 150 Å². The molecular formula is C54H85NaO25S. The number of fused-ring (bicyclic) bond motifs is 4. The fourth-order valence-electron chi connectivity index (χ4n) is 16.2. The maximum atomic E-state index is 14.4. The van der Waals surface area contributed by atoms with Gasteiger partial charge in [0.1, 0.15) is 96.5 Å². The smallest absolute Gasteiger partial charge is 0.726 e. The predicted molar refractivity (Wildman–Crippen MR) is 270 cm³/mol. The standard InChI is InChI=1S/C54H86O25S.Na/c1-23(2)11-10-16-53(8)31-14-18-52(7)25-12-13-30-50(4,5)33(15-17-51(30,6)26(25)19-32(57)54(31,52)49(65)78-53)74-48-44(36(60)29(22-70-48)79-80(66,67)68)77-45-38(62)37(61)41(24(3)71-45)75-47-40(64)43(35(59)28(21-56)73-47)76-46-39(63)42(69-9)34(58)27(20-55)72-46;/h11-12,24,26-48,55-64H,10,13-22H2,1-9H3,(H,66,67,68);/q;+1/p-1. The summed E-state index contributed by atoms with van der Waals surface area (Å²) in [4.78, 5) is 14.4. The van der Waals surface area contributed by atoms with Crippen molar-refractivity contribution in [3.63, 3.8) is 0 Å². The van der Waals surface area contributed by atoms with Crippen LogP contribution in [0.1, 0.15) is 107 Å². The second kappa shape index (κ2) is 24.6. The molecule has 5 aliphatic heterocycles. The Morgan fingerprint density at radius 2 is 1.33 bits per heavy atom. The van der Waals surface area contributed by atoms with Gasteiger partial charge in [0.25, 0.3) is 0 Å². The molecule has 0 aromatic heterocycles. The zero-order chi connectivity index (χ0) is 58.6. The summed E-state index contributed by atoms with van der Waals surface area (Å²) in [5.74, 6) is -0.635. The fourth-order valence-corrected chi connectivity index (χ4v) is 16.6. The Hall–Kier alpha value is -0.940. The van der Waals surface area contributed by atoms with Gasteiger partial charge in [0, 0.05) is 18.4 Å². The first kappa shape index (κ1) is 66.0. The van der Waals surface area contributed by atoms with Crippen LogP contribution in [0.2, 0.25) is 0 Å². The second-order valence-corrected chi connectivity index (χ2v) is 26.4. The van der Waals surface area contributed by atoms with Crippen LogP contribution >= 0.6 is 0 Å². The van der Waals surface area contributed by atoms with Crippen molar-refractivity contribution in [3.8, 4) is 0 Å². The van der Waals surface area contributed by atoms with Gasteiger partial charge < -0.3 is 103 Å². The van der Waals surface area contributed by atoms with E-state index in [1.807, 2.05) is 20.8 Å². The van der Waals surface area contributed by atoms with Gasteiger partial charge in [-0.2, -0.15) is 0 Å². The van der Waals surface area contributed by atoms with Crippen molar-refractivity contribution in [2.45, 2.75) is 241 Å². The molecule has 3 saturated carbocycles. The molecule has 5 saturated heterocycles. The van der Waals surface area contributed by atoms with Crippen LogP contribution < -0.4 is 29.6 Å². The van der Waals surface area contributed by atoms with Crippen LogP contribution in [0.4, 0.5) is 0 Å². The Kier molecular flexibility index (Phi) is 20.0. The van der Waals surface area contributed by atoms with E-state index in [4.69, 9.17) is 47.4 Å². The molecule has 9 rings (SSSR count). The van der Waals surface area contributed by atoms with Crippen LogP contribution in [0.15, 0.2) is 23.3 Å². The summed E-state index contributed by atoms with van der Waals surface area (Å²) in [6.07, 6.45) is -24.4. The van der Waals surface area contributed by atoms with Gasteiger partial charge in [-0.25, -0.2) is 8.42 Å². The van der Waals surface area contributed by atoms with Crippen LogP contribution in [0.3, 0.4) is 0 Å². The molecule has 0 radical (unpaired) electrons. The average molecular weight is 1190 g/mol.